The molecule has 0 spiro atoms. The van der Waals surface area contributed by atoms with Gasteiger partial charge in [-0.15, -0.1) is 0 Å². The molecule has 3 rings (SSSR count). The van der Waals surface area contributed by atoms with Crippen LogP contribution in [-0.2, 0) is 14.8 Å². The van der Waals surface area contributed by atoms with Crippen molar-refractivity contribution in [2.45, 2.75) is 43.4 Å². The molecule has 0 aliphatic carbocycles. The van der Waals surface area contributed by atoms with Crippen LogP contribution in [0.1, 0.15) is 23.1 Å². The van der Waals surface area contributed by atoms with Crippen LogP contribution < -0.4 is 0 Å². The van der Waals surface area contributed by atoms with Gasteiger partial charge in [0.25, 0.3) is 0 Å². The number of benzene rings is 1. The van der Waals surface area contributed by atoms with E-state index < -0.39 is 10.0 Å². The molecular formula is C16H23NO3S2. The molecule has 2 atom stereocenters. The van der Waals surface area contributed by atoms with Crippen molar-refractivity contribution in [2.24, 2.45) is 0 Å². The average molecular weight is 341 g/mol. The second-order valence-corrected chi connectivity index (χ2v) is 9.36. The van der Waals surface area contributed by atoms with Crippen molar-refractivity contribution in [1.29, 1.82) is 0 Å². The van der Waals surface area contributed by atoms with Gasteiger partial charge in [0, 0.05) is 30.2 Å². The maximum Gasteiger partial charge on any atom is 0.243 e. The number of thioether (sulfide) groups is 1. The van der Waals surface area contributed by atoms with Crippen LogP contribution in [0, 0.1) is 20.8 Å². The summed E-state index contributed by atoms with van der Waals surface area (Å²) in [5, 5.41) is 0.267. The van der Waals surface area contributed by atoms with E-state index >= 15 is 0 Å². The van der Waals surface area contributed by atoms with E-state index in [1.807, 2.05) is 44.7 Å². The third-order valence-corrected chi connectivity index (χ3v) is 7.98. The van der Waals surface area contributed by atoms with Gasteiger partial charge in [-0.05, 0) is 38.3 Å². The summed E-state index contributed by atoms with van der Waals surface area (Å²) in [6.07, 6.45) is 0.793. The Balaban J connectivity index is 2.02. The second kappa shape index (κ2) is 6.15. The van der Waals surface area contributed by atoms with Gasteiger partial charge in [-0.3, -0.25) is 0 Å². The minimum absolute atomic E-state index is 0.0672. The predicted molar refractivity (Wildman–Crippen MR) is 90.0 cm³/mol. The van der Waals surface area contributed by atoms with E-state index in [2.05, 4.69) is 0 Å². The maximum absolute atomic E-state index is 13.3. The molecule has 0 radical (unpaired) electrons. The minimum Gasteiger partial charge on any atom is -0.380 e. The zero-order chi connectivity index (χ0) is 15.9. The van der Waals surface area contributed by atoms with Crippen LogP contribution in [0.3, 0.4) is 0 Å². The Labute approximate surface area is 137 Å². The Morgan fingerprint density at radius 2 is 1.91 bits per heavy atom. The van der Waals surface area contributed by atoms with Gasteiger partial charge in [-0.1, -0.05) is 17.7 Å². The Morgan fingerprint density at radius 3 is 2.59 bits per heavy atom. The Hall–Kier alpha value is -0.560. The lowest BCUT2D eigenvalue weighted by Crippen LogP contribution is -2.54. The van der Waals surface area contributed by atoms with Crippen LogP contribution in [0.15, 0.2) is 17.0 Å². The van der Waals surface area contributed by atoms with Gasteiger partial charge in [0.05, 0.1) is 11.5 Å². The molecule has 6 heteroatoms. The van der Waals surface area contributed by atoms with Crippen LogP contribution in [0.5, 0.6) is 0 Å². The summed E-state index contributed by atoms with van der Waals surface area (Å²) in [4.78, 5) is 0.496. The summed E-state index contributed by atoms with van der Waals surface area (Å²) < 4.78 is 33.8. The van der Waals surface area contributed by atoms with E-state index in [1.165, 1.54) is 0 Å². The first-order valence-electron chi connectivity index (χ1n) is 7.70. The number of hydrogen-bond acceptors (Lipinski definition) is 4. The van der Waals surface area contributed by atoms with Crippen molar-refractivity contribution < 1.29 is 13.2 Å². The summed E-state index contributed by atoms with van der Waals surface area (Å²) in [6, 6.07) is 3.98. The molecule has 22 heavy (non-hydrogen) atoms. The fourth-order valence-corrected chi connectivity index (χ4v) is 7.24. The van der Waals surface area contributed by atoms with E-state index in [0.717, 1.165) is 28.9 Å². The van der Waals surface area contributed by atoms with Crippen molar-refractivity contribution in [2.75, 3.05) is 25.5 Å². The molecule has 0 amide bonds. The summed E-state index contributed by atoms with van der Waals surface area (Å²) in [5.41, 5.74) is 2.80. The second-order valence-electron chi connectivity index (χ2n) is 6.18. The molecular weight excluding hydrogens is 318 g/mol. The highest BCUT2D eigenvalue weighted by molar-refractivity contribution is 8.00. The van der Waals surface area contributed by atoms with Gasteiger partial charge in [0.1, 0.15) is 0 Å². The Bertz CT molecular complexity index is 647. The molecule has 2 aliphatic rings. The molecule has 1 aromatic carbocycles. The molecule has 2 aliphatic heterocycles. The number of sulfonamides is 1. The van der Waals surface area contributed by atoms with Gasteiger partial charge in [-0.25, -0.2) is 8.42 Å². The monoisotopic (exact) mass is 341 g/mol. The van der Waals surface area contributed by atoms with Gasteiger partial charge < -0.3 is 4.74 Å². The van der Waals surface area contributed by atoms with E-state index in [1.54, 1.807) is 4.31 Å². The number of ether oxygens (including phenoxy) is 1. The predicted octanol–water partition coefficient (Wildman–Crippen LogP) is 2.51. The quantitative estimate of drug-likeness (QED) is 0.829. The lowest BCUT2D eigenvalue weighted by atomic mass is 10.1. The van der Waals surface area contributed by atoms with Gasteiger partial charge in [0.2, 0.25) is 10.0 Å². The number of nitrogens with zero attached hydrogens (tertiary/aromatic N) is 1. The van der Waals surface area contributed by atoms with Crippen LogP contribution in [0.25, 0.3) is 0 Å². The van der Waals surface area contributed by atoms with Crippen LogP contribution in [0.2, 0.25) is 0 Å². The van der Waals surface area contributed by atoms with E-state index in [9.17, 15) is 8.42 Å². The van der Waals surface area contributed by atoms with Crippen LogP contribution in [-0.4, -0.2) is 49.5 Å². The van der Waals surface area contributed by atoms with Gasteiger partial charge in [-0.2, -0.15) is 16.1 Å². The molecule has 122 valence electrons. The molecule has 0 aromatic heterocycles. The Morgan fingerprint density at radius 1 is 1.23 bits per heavy atom. The fourth-order valence-electron chi connectivity index (χ4n) is 3.64. The van der Waals surface area contributed by atoms with Gasteiger partial charge in [0.15, 0.2) is 0 Å². The number of rotatable bonds is 2. The van der Waals surface area contributed by atoms with Gasteiger partial charge >= 0.3 is 0 Å². The highest BCUT2D eigenvalue weighted by atomic mass is 32.2. The van der Waals surface area contributed by atoms with E-state index in [0.29, 0.717) is 24.7 Å². The largest absolute Gasteiger partial charge is 0.380 e. The molecule has 4 nitrogen and oxygen atoms in total. The highest BCUT2D eigenvalue weighted by Crippen LogP contribution is 2.35. The maximum atomic E-state index is 13.3. The van der Waals surface area contributed by atoms with E-state index in [4.69, 9.17) is 4.74 Å². The Kier molecular flexibility index (Phi) is 4.56. The lowest BCUT2D eigenvalue weighted by molar-refractivity contribution is 0.0625. The average Bonchev–Trinajstić information content (AvgIpc) is 2.45. The molecule has 0 N–H and O–H groups in total. The zero-order valence-electron chi connectivity index (χ0n) is 13.3. The normalized spacial score (nSPS) is 26.7. The third kappa shape index (κ3) is 2.82. The van der Waals surface area contributed by atoms with Crippen molar-refractivity contribution in [3.05, 3.63) is 28.8 Å². The molecule has 0 bridgehead atoms. The topological polar surface area (TPSA) is 46.6 Å². The summed E-state index contributed by atoms with van der Waals surface area (Å²) in [6.45, 7) is 7.70. The van der Waals surface area contributed by atoms with Crippen molar-refractivity contribution >= 4 is 21.8 Å². The van der Waals surface area contributed by atoms with Crippen molar-refractivity contribution in [3.8, 4) is 0 Å². The van der Waals surface area contributed by atoms with Crippen LogP contribution in [0.4, 0.5) is 0 Å². The standard InChI is InChI=1S/C16H23NO3S2/c1-11-8-12(2)16(13(3)9-11)22(18,19)17-5-7-21-15-10-20-6-4-14(15)17/h8-9,14-15H,4-7,10H2,1-3H3. The first kappa shape index (κ1) is 16.3. The first-order valence-corrected chi connectivity index (χ1v) is 10.2. The van der Waals surface area contributed by atoms with E-state index in [-0.39, 0.29) is 11.3 Å². The molecule has 2 saturated heterocycles. The molecule has 2 unspecified atom stereocenters. The zero-order valence-corrected chi connectivity index (χ0v) is 15.0. The fraction of sp³-hybridized carbons (Fsp3) is 0.625. The van der Waals surface area contributed by atoms with Crippen LogP contribution >= 0.6 is 11.8 Å². The molecule has 2 heterocycles. The summed E-state index contributed by atoms with van der Waals surface area (Å²) >= 11 is 1.84. The number of hydrogen-bond donors (Lipinski definition) is 0. The summed E-state index contributed by atoms with van der Waals surface area (Å²) in [5.74, 6) is 0.841. The third-order valence-electron chi connectivity index (χ3n) is 4.45. The minimum atomic E-state index is -3.45. The molecule has 0 saturated carbocycles. The van der Waals surface area contributed by atoms with Crippen molar-refractivity contribution in [1.82, 2.24) is 4.31 Å². The molecule has 2 fully saturated rings. The first-order chi connectivity index (χ1) is 10.4. The molecule has 1 aromatic rings. The highest BCUT2D eigenvalue weighted by Gasteiger charge is 2.41. The van der Waals surface area contributed by atoms with Crippen molar-refractivity contribution in [3.63, 3.8) is 0 Å². The SMILES string of the molecule is Cc1cc(C)c(S(=O)(=O)N2CCSC3COCCC32)c(C)c1. The number of fused-ring (bicyclic) bond motifs is 1. The smallest absolute Gasteiger partial charge is 0.243 e. The lowest BCUT2D eigenvalue weighted by Gasteiger charge is -2.42. The summed E-state index contributed by atoms with van der Waals surface area (Å²) in [7, 11) is -3.45. The number of aryl methyl sites for hydroxylation is 3.